The van der Waals surface area contributed by atoms with Gasteiger partial charge in [-0.25, -0.2) is 5.43 Å². The van der Waals surface area contributed by atoms with Crippen molar-refractivity contribution in [2.75, 3.05) is 0 Å². The van der Waals surface area contributed by atoms with Crippen molar-refractivity contribution in [3.05, 3.63) is 12.2 Å². The van der Waals surface area contributed by atoms with E-state index in [1.54, 1.807) is 12.3 Å². The highest BCUT2D eigenvalue weighted by Crippen LogP contribution is 2.08. The molecule has 0 aliphatic heterocycles. The van der Waals surface area contributed by atoms with Crippen LogP contribution in [0.5, 0.6) is 0 Å². The van der Waals surface area contributed by atoms with Crippen LogP contribution in [0.4, 0.5) is 0 Å². The Kier molecular flexibility index (Phi) is 12.1. The normalized spacial score (nSPS) is 11.4. The Morgan fingerprint density at radius 2 is 1.76 bits per heavy atom. The summed E-state index contributed by atoms with van der Waals surface area (Å²) in [6.07, 6.45) is 14.4. The summed E-state index contributed by atoms with van der Waals surface area (Å²) in [7, 11) is 0. The molecule has 17 heavy (non-hydrogen) atoms. The molecule has 0 bridgehead atoms. The number of allylic oxidation sites excluding steroid dienone is 2. The maximum atomic E-state index is 11.3. The van der Waals surface area contributed by atoms with Gasteiger partial charge in [-0.3, -0.25) is 4.79 Å². The monoisotopic (exact) mass is 238 g/mol. The zero-order valence-electron chi connectivity index (χ0n) is 11.2. The minimum absolute atomic E-state index is 0.0133. The number of amides is 1. The number of unbranched alkanes of at least 4 members (excludes halogenated alkanes) is 6. The molecule has 3 nitrogen and oxygen atoms in total. The lowest BCUT2D eigenvalue weighted by molar-refractivity contribution is -0.121. The molecule has 3 heteroatoms. The molecule has 1 amide bonds. The summed E-state index contributed by atoms with van der Waals surface area (Å²) >= 11 is 0. The van der Waals surface area contributed by atoms with E-state index in [9.17, 15) is 4.79 Å². The van der Waals surface area contributed by atoms with Crippen molar-refractivity contribution in [1.82, 2.24) is 5.43 Å². The molecule has 0 rings (SSSR count). The Balaban J connectivity index is 3.27. The summed E-state index contributed by atoms with van der Waals surface area (Å²) in [4.78, 5) is 11.3. The molecular formula is C14H26N2O. The zero-order valence-corrected chi connectivity index (χ0v) is 11.2. The van der Waals surface area contributed by atoms with Crippen molar-refractivity contribution in [1.29, 1.82) is 0 Å². The van der Waals surface area contributed by atoms with Gasteiger partial charge in [0.15, 0.2) is 0 Å². The average molecular weight is 238 g/mol. The Morgan fingerprint density at radius 3 is 2.41 bits per heavy atom. The standard InChI is InChI=1S/C14H26N2O/c1-3-5-7-8-9-10-11-12-14(17)16-15-13-6-4-2/h4,6,13H,3,5,7-12H2,1-2H3,(H,16,17)/b6-4+,15-13+. The molecule has 0 aliphatic rings. The van der Waals surface area contributed by atoms with E-state index in [1.165, 1.54) is 32.1 Å². The molecular weight excluding hydrogens is 212 g/mol. The smallest absolute Gasteiger partial charge is 0.240 e. The van der Waals surface area contributed by atoms with Crippen LogP contribution < -0.4 is 5.43 Å². The van der Waals surface area contributed by atoms with Crippen molar-refractivity contribution >= 4 is 12.1 Å². The van der Waals surface area contributed by atoms with Crippen LogP contribution in [0.1, 0.15) is 65.2 Å². The van der Waals surface area contributed by atoms with Crippen LogP contribution in [0, 0.1) is 0 Å². The van der Waals surface area contributed by atoms with E-state index in [2.05, 4.69) is 17.5 Å². The summed E-state index contributed by atoms with van der Waals surface area (Å²) < 4.78 is 0. The van der Waals surface area contributed by atoms with Crippen LogP contribution in [0.2, 0.25) is 0 Å². The summed E-state index contributed by atoms with van der Waals surface area (Å²) in [6, 6.07) is 0. The number of nitrogens with one attached hydrogen (secondary N) is 1. The fourth-order valence-corrected chi connectivity index (χ4v) is 1.54. The van der Waals surface area contributed by atoms with Crippen LogP contribution in [-0.4, -0.2) is 12.1 Å². The second-order valence-corrected chi connectivity index (χ2v) is 4.21. The fourth-order valence-electron chi connectivity index (χ4n) is 1.54. The molecule has 0 spiro atoms. The molecule has 0 aliphatic carbocycles. The van der Waals surface area contributed by atoms with Gasteiger partial charge in [-0.2, -0.15) is 5.10 Å². The van der Waals surface area contributed by atoms with Crippen LogP contribution >= 0.6 is 0 Å². The zero-order chi connectivity index (χ0) is 12.8. The lowest BCUT2D eigenvalue weighted by Gasteiger charge is -2.00. The first-order valence-electron chi connectivity index (χ1n) is 6.74. The molecule has 1 N–H and O–H groups in total. The first-order chi connectivity index (χ1) is 8.31. The third-order valence-corrected chi connectivity index (χ3v) is 2.55. The van der Waals surface area contributed by atoms with Crippen molar-refractivity contribution in [2.24, 2.45) is 5.10 Å². The summed E-state index contributed by atoms with van der Waals surface area (Å²) in [5.41, 5.74) is 2.51. The molecule has 0 saturated heterocycles. The fraction of sp³-hybridized carbons (Fsp3) is 0.714. The number of hydrogen-bond acceptors (Lipinski definition) is 2. The quantitative estimate of drug-likeness (QED) is 0.351. The van der Waals surface area contributed by atoms with Gasteiger partial charge in [0.1, 0.15) is 0 Å². The summed E-state index contributed by atoms with van der Waals surface area (Å²) in [5.74, 6) is 0.0133. The van der Waals surface area contributed by atoms with E-state index in [0.717, 1.165) is 12.8 Å². The Morgan fingerprint density at radius 1 is 1.12 bits per heavy atom. The third-order valence-electron chi connectivity index (χ3n) is 2.55. The van der Waals surface area contributed by atoms with E-state index in [-0.39, 0.29) is 5.91 Å². The maximum Gasteiger partial charge on any atom is 0.240 e. The molecule has 0 aromatic carbocycles. The first-order valence-corrected chi connectivity index (χ1v) is 6.74. The lowest BCUT2D eigenvalue weighted by atomic mass is 10.1. The van der Waals surface area contributed by atoms with E-state index in [1.807, 2.05) is 13.0 Å². The SMILES string of the molecule is C/C=C/C=N/NC(=O)CCCCCCCCC. The topological polar surface area (TPSA) is 41.5 Å². The summed E-state index contributed by atoms with van der Waals surface area (Å²) in [5, 5.41) is 3.79. The number of hydrazone groups is 1. The van der Waals surface area contributed by atoms with E-state index in [0.29, 0.717) is 6.42 Å². The molecule has 0 fully saturated rings. The van der Waals surface area contributed by atoms with Crippen LogP contribution in [0.15, 0.2) is 17.3 Å². The number of nitrogens with zero attached hydrogens (tertiary/aromatic N) is 1. The number of carbonyl (C=O) groups is 1. The molecule has 0 unspecified atom stereocenters. The predicted octanol–water partition coefficient (Wildman–Crippen LogP) is 3.81. The highest BCUT2D eigenvalue weighted by Gasteiger charge is 1.98. The minimum Gasteiger partial charge on any atom is -0.273 e. The summed E-state index contributed by atoms with van der Waals surface area (Å²) in [6.45, 7) is 4.13. The molecule has 0 atom stereocenters. The van der Waals surface area contributed by atoms with E-state index in [4.69, 9.17) is 0 Å². The molecule has 0 aromatic rings. The largest absolute Gasteiger partial charge is 0.273 e. The molecule has 0 aromatic heterocycles. The second kappa shape index (κ2) is 12.9. The first kappa shape index (κ1) is 15.9. The number of hydrogen-bond donors (Lipinski definition) is 1. The van der Waals surface area contributed by atoms with Crippen LogP contribution in [-0.2, 0) is 4.79 Å². The van der Waals surface area contributed by atoms with Crippen LogP contribution in [0.3, 0.4) is 0 Å². The van der Waals surface area contributed by atoms with E-state index < -0.39 is 0 Å². The van der Waals surface area contributed by atoms with Gasteiger partial charge in [0.25, 0.3) is 0 Å². The number of carbonyl (C=O) groups excluding carboxylic acids is 1. The number of rotatable bonds is 10. The van der Waals surface area contributed by atoms with Gasteiger partial charge in [0, 0.05) is 12.6 Å². The van der Waals surface area contributed by atoms with Crippen LogP contribution in [0.25, 0.3) is 0 Å². The highest BCUT2D eigenvalue weighted by molar-refractivity contribution is 5.78. The van der Waals surface area contributed by atoms with Crippen molar-refractivity contribution in [2.45, 2.75) is 65.2 Å². The minimum atomic E-state index is 0.0133. The average Bonchev–Trinajstić information content (AvgIpc) is 2.33. The molecule has 0 radical (unpaired) electrons. The van der Waals surface area contributed by atoms with Crippen molar-refractivity contribution in [3.8, 4) is 0 Å². The van der Waals surface area contributed by atoms with E-state index >= 15 is 0 Å². The van der Waals surface area contributed by atoms with Gasteiger partial charge in [-0.1, -0.05) is 51.5 Å². The van der Waals surface area contributed by atoms with Gasteiger partial charge in [-0.05, 0) is 19.4 Å². The Bertz CT molecular complexity index is 234. The van der Waals surface area contributed by atoms with Gasteiger partial charge in [-0.15, -0.1) is 0 Å². The maximum absolute atomic E-state index is 11.3. The van der Waals surface area contributed by atoms with Crippen molar-refractivity contribution in [3.63, 3.8) is 0 Å². The highest BCUT2D eigenvalue weighted by atomic mass is 16.2. The second-order valence-electron chi connectivity index (χ2n) is 4.21. The van der Waals surface area contributed by atoms with Gasteiger partial charge < -0.3 is 0 Å². The Labute approximate surface area is 105 Å². The molecule has 98 valence electrons. The van der Waals surface area contributed by atoms with Gasteiger partial charge >= 0.3 is 0 Å². The lowest BCUT2D eigenvalue weighted by Crippen LogP contribution is -2.16. The molecule has 0 saturated carbocycles. The predicted molar refractivity (Wildman–Crippen MR) is 74.1 cm³/mol. The van der Waals surface area contributed by atoms with Crippen molar-refractivity contribution < 1.29 is 4.79 Å². The Hall–Kier alpha value is -1.12. The van der Waals surface area contributed by atoms with Gasteiger partial charge in [0.05, 0.1) is 0 Å². The third kappa shape index (κ3) is 12.8. The molecule has 0 heterocycles. The van der Waals surface area contributed by atoms with Gasteiger partial charge in [0.2, 0.25) is 5.91 Å².